The zero-order valence-corrected chi connectivity index (χ0v) is 25.3. The van der Waals surface area contributed by atoms with E-state index >= 15 is 0 Å². The van der Waals surface area contributed by atoms with Crippen LogP contribution >= 0.6 is 0 Å². The van der Waals surface area contributed by atoms with Crippen molar-refractivity contribution in [1.82, 2.24) is 0 Å². The van der Waals surface area contributed by atoms with Crippen LogP contribution in [0.2, 0.25) is 0 Å². The van der Waals surface area contributed by atoms with Gasteiger partial charge in [-0.15, -0.1) is 0 Å². The second-order valence-corrected chi connectivity index (χ2v) is 11.7. The number of nitrogens with two attached hydrogens (primary N) is 1. The van der Waals surface area contributed by atoms with Crippen molar-refractivity contribution in [2.45, 2.75) is 71.8 Å². The highest BCUT2D eigenvalue weighted by atomic mass is 14.9. The van der Waals surface area contributed by atoms with Crippen LogP contribution in [0.3, 0.4) is 0 Å². The summed E-state index contributed by atoms with van der Waals surface area (Å²) in [5.41, 5.74) is 12.1. The van der Waals surface area contributed by atoms with Crippen molar-refractivity contribution in [3.63, 3.8) is 0 Å². The Morgan fingerprint density at radius 2 is 1.59 bits per heavy atom. The standard InChI is InChI=1S/C38H44N3/c1-5-6-7-10-23-41-26-19-33(20-27-41)37(28-30(3)31-15-13-29(2)14-16-31)36-18-17-32-11-8-9-12-35(32)38(36)39-34-21-24-40(4)25-22-34/h8-9,11-16,19-22,24-28,30H,5-7,10,17-18,23H2,1-4H3/q+1/p+2/b37-28-. The van der Waals surface area contributed by atoms with Gasteiger partial charge >= 0.3 is 0 Å². The average molecular weight is 545 g/mol. The van der Waals surface area contributed by atoms with Gasteiger partial charge in [-0.05, 0) is 60.4 Å². The summed E-state index contributed by atoms with van der Waals surface area (Å²) in [5.74, 6) is 0.300. The number of hydrogen-bond donors (Lipinski definition) is 1. The fourth-order valence-electron chi connectivity index (χ4n) is 5.87. The maximum absolute atomic E-state index is 2.51. The van der Waals surface area contributed by atoms with Crippen molar-refractivity contribution in [2.75, 3.05) is 0 Å². The lowest BCUT2D eigenvalue weighted by atomic mass is 9.82. The summed E-state index contributed by atoms with van der Waals surface area (Å²) in [5, 5.41) is 2.40. The first kappa shape index (κ1) is 28.7. The molecule has 1 aliphatic carbocycles. The fourth-order valence-corrected chi connectivity index (χ4v) is 5.87. The van der Waals surface area contributed by atoms with Gasteiger partial charge in [0.1, 0.15) is 25.0 Å². The minimum Gasteiger partial charge on any atom is -0.280 e. The van der Waals surface area contributed by atoms with Crippen LogP contribution in [0, 0.1) is 6.92 Å². The normalized spacial score (nSPS) is 14.2. The van der Waals surface area contributed by atoms with E-state index in [1.54, 1.807) is 0 Å². The molecule has 41 heavy (non-hydrogen) atoms. The predicted octanol–water partition coefficient (Wildman–Crippen LogP) is 7.13. The zero-order valence-electron chi connectivity index (χ0n) is 25.3. The van der Waals surface area contributed by atoms with Gasteiger partial charge in [0.25, 0.3) is 0 Å². The molecular formula is C38H46N3+3. The van der Waals surface area contributed by atoms with Crippen LogP contribution < -0.4 is 14.5 Å². The molecule has 0 saturated heterocycles. The van der Waals surface area contributed by atoms with Crippen LogP contribution in [0.25, 0.3) is 11.3 Å². The van der Waals surface area contributed by atoms with E-state index in [-0.39, 0.29) is 0 Å². The molecule has 2 N–H and O–H groups in total. The minimum absolute atomic E-state index is 0.300. The van der Waals surface area contributed by atoms with Gasteiger partial charge < -0.3 is 0 Å². The number of aromatic nitrogens is 2. The Kier molecular flexibility index (Phi) is 9.59. The summed E-state index contributed by atoms with van der Waals surface area (Å²) < 4.78 is 4.44. The van der Waals surface area contributed by atoms with Crippen molar-refractivity contribution in [3.05, 3.63) is 137 Å². The lowest BCUT2D eigenvalue weighted by Crippen LogP contribution is -2.75. The highest BCUT2D eigenvalue weighted by Gasteiger charge is 2.27. The number of allylic oxidation sites excluding steroid dienone is 3. The summed E-state index contributed by atoms with van der Waals surface area (Å²) >= 11 is 0. The highest BCUT2D eigenvalue weighted by molar-refractivity contribution is 5.89. The van der Waals surface area contributed by atoms with E-state index in [4.69, 9.17) is 0 Å². The van der Waals surface area contributed by atoms with Gasteiger partial charge in [0.15, 0.2) is 24.8 Å². The lowest BCUT2D eigenvalue weighted by molar-refractivity contribution is -0.697. The second-order valence-electron chi connectivity index (χ2n) is 11.7. The SMILES string of the molecule is CCCCCC[n+]1ccc(/C(=C/C(C)c2ccc(C)cc2)C2=C([NH2+]c3cc[n+](C)cc3)c3ccccc3CC2)cc1. The predicted molar refractivity (Wildman–Crippen MR) is 169 cm³/mol. The van der Waals surface area contributed by atoms with Gasteiger partial charge in [-0.25, -0.2) is 9.13 Å². The fraction of sp³-hybridized carbons (Fsp3) is 0.316. The Morgan fingerprint density at radius 3 is 2.32 bits per heavy atom. The third-order valence-electron chi connectivity index (χ3n) is 8.41. The number of unbranched alkanes of at least 4 members (excludes halogenated alkanes) is 3. The Balaban J connectivity index is 1.59. The molecular weight excluding hydrogens is 498 g/mol. The van der Waals surface area contributed by atoms with Gasteiger partial charge in [0.2, 0.25) is 0 Å². The van der Waals surface area contributed by atoms with E-state index in [2.05, 4.69) is 146 Å². The monoisotopic (exact) mass is 544 g/mol. The minimum atomic E-state index is 0.300. The molecule has 0 bridgehead atoms. The summed E-state index contributed by atoms with van der Waals surface area (Å²) in [6, 6.07) is 27.1. The molecule has 2 heterocycles. The van der Waals surface area contributed by atoms with Crippen LogP contribution in [0.4, 0.5) is 5.69 Å². The quantitative estimate of drug-likeness (QED) is 0.154. The van der Waals surface area contributed by atoms with E-state index in [0.717, 1.165) is 19.4 Å². The molecule has 1 unspecified atom stereocenters. The molecule has 210 valence electrons. The van der Waals surface area contributed by atoms with E-state index in [1.807, 2.05) is 0 Å². The van der Waals surface area contributed by atoms with Crippen LogP contribution in [0.5, 0.6) is 0 Å². The van der Waals surface area contributed by atoms with E-state index in [1.165, 1.54) is 76.0 Å². The third kappa shape index (κ3) is 7.28. The summed E-state index contributed by atoms with van der Waals surface area (Å²) in [7, 11) is 2.07. The van der Waals surface area contributed by atoms with E-state index < -0.39 is 0 Å². The van der Waals surface area contributed by atoms with Crippen molar-refractivity contribution in [2.24, 2.45) is 7.05 Å². The Labute approximate surface area is 246 Å². The van der Waals surface area contributed by atoms with Crippen LogP contribution in [-0.2, 0) is 20.0 Å². The molecule has 0 radical (unpaired) electrons. The largest absolute Gasteiger partial charge is 0.280 e. The number of fused-ring (bicyclic) bond motifs is 1. The Hall–Kier alpha value is -3.82. The van der Waals surface area contributed by atoms with Gasteiger partial charge in [-0.2, -0.15) is 0 Å². The number of quaternary nitrogens is 1. The molecule has 2 aromatic heterocycles. The van der Waals surface area contributed by atoms with E-state index in [0.29, 0.717) is 5.92 Å². The first-order valence-corrected chi connectivity index (χ1v) is 15.4. The molecule has 3 heteroatoms. The van der Waals surface area contributed by atoms with Crippen molar-refractivity contribution < 1.29 is 14.5 Å². The number of hydrogen-bond acceptors (Lipinski definition) is 0. The second kappa shape index (κ2) is 13.7. The number of rotatable bonds is 11. The Bertz CT molecular complexity index is 1490. The molecule has 0 fully saturated rings. The molecule has 0 aliphatic heterocycles. The molecule has 0 spiro atoms. The maximum atomic E-state index is 2.51. The van der Waals surface area contributed by atoms with E-state index in [9.17, 15) is 0 Å². The van der Waals surface area contributed by atoms with Crippen LogP contribution in [-0.4, -0.2) is 0 Å². The highest BCUT2D eigenvalue weighted by Crippen LogP contribution is 2.38. The molecule has 1 atom stereocenters. The molecule has 0 saturated carbocycles. The average Bonchev–Trinajstić information content (AvgIpc) is 3.00. The third-order valence-corrected chi connectivity index (χ3v) is 8.41. The van der Waals surface area contributed by atoms with Crippen molar-refractivity contribution in [3.8, 4) is 0 Å². The lowest BCUT2D eigenvalue weighted by Gasteiger charge is -2.24. The molecule has 2 aromatic carbocycles. The molecule has 5 rings (SSSR count). The molecule has 3 nitrogen and oxygen atoms in total. The summed E-state index contributed by atoms with van der Waals surface area (Å²) in [6.07, 6.45) is 18.6. The first-order chi connectivity index (χ1) is 20.0. The number of pyridine rings is 2. The molecule has 1 aliphatic rings. The molecule has 0 amide bonds. The number of aryl methyl sites for hydroxylation is 4. The van der Waals surface area contributed by atoms with Crippen molar-refractivity contribution >= 4 is 17.0 Å². The zero-order chi connectivity index (χ0) is 28.6. The number of benzene rings is 2. The summed E-state index contributed by atoms with van der Waals surface area (Å²) in [4.78, 5) is 0. The van der Waals surface area contributed by atoms with Crippen LogP contribution in [0.15, 0.2) is 109 Å². The van der Waals surface area contributed by atoms with Crippen LogP contribution in [0.1, 0.15) is 79.7 Å². The van der Waals surface area contributed by atoms with Gasteiger partial charge in [0.05, 0.1) is 12.1 Å². The van der Waals surface area contributed by atoms with Crippen molar-refractivity contribution in [1.29, 1.82) is 0 Å². The van der Waals surface area contributed by atoms with Gasteiger partial charge in [0, 0.05) is 29.7 Å². The first-order valence-electron chi connectivity index (χ1n) is 15.4. The Morgan fingerprint density at radius 1 is 0.854 bits per heavy atom. The number of nitrogens with zero attached hydrogens (tertiary/aromatic N) is 2. The smallest absolute Gasteiger partial charge is 0.174 e. The molecule has 4 aromatic rings. The van der Waals surface area contributed by atoms with Gasteiger partial charge in [-0.3, -0.25) is 5.32 Å². The maximum Gasteiger partial charge on any atom is 0.174 e. The summed E-state index contributed by atoms with van der Waals surface area (Å²) in [6.45, 7) is 7.85. The topological polar surface area (TPSA) is 24.4 Å². The van der Waals surface area contributed by atoms with Gasteiger partial charge in [-0.1, -0.05) is 80.8 Å².